The van der Waals surface area contributed by atoms with Gasteiger partial charge in [-0.1, -0.05) is 88.1 Å². The summed E-state index contributed by atoms with van der Waals surface area (Å²) in [7, 11) is 0. The van der Waals surface area contributed by atoms with Gasteiger partial charge in [-0.05, 0) is 38.2 Å². The summed E-state index contributed by atoms with van der Waals surface area (Å²) in [5.41, 5.74) is 1.19. The highest BCUT2D eigenvalue weighted by Gasteiger charge is 2.10. The first kappa shape index (κ1) is 25.6. The number of hydrogen-bond acceptors (Lipinski definition) is 3. The molecule has 0 aliphatic heterocycles. The van der Waals surface area contributed by atoms with Crippen molar-refractivity contribution in [2.45, 2.75) is 116 Å². The zero-order valence-electron chi connectivity index (χ0n) is 18.4. The van der Waals surface area contributed by atoms with Crippen molar-refractivity contribution in [2.24, 2.45) is 0 Å². The standard InChI is InChI=1S/C25H42O4/c1-22(26)15-9-6-4-2-3-5-7-12-18-24(19-13-14-20-25(27)28)29-21-23-16-10-8-11-17-23/h8,10-11,16-17,22,24,26H,2-7,9,12-15,18-21H2,1H3,(H,27,28). The van der Waals surface area contributed by atoms with Gasteiger partial charge in [0.15, 0.2) is 0 Å². The maximum atomic E-state index is 10.7. The van der Waals surface area contributed by atoms with Gasteiger partial charge in [0.1, 0.15) is 0 Å². The van der Waals surface area contributed by atoms with Crippen molar-refractivity contribution in [3.63, 3.8) is 0 Å². The number of aliphatic hydroxyl groups is 1. The molecule has 0 spiro atoms. The summed E-state index contributed by atoms with van der Waals surface area (Å²) in [5, 5.41) is 18.1. The fraction of sp³-hybridized carbons (Fsp3) is 0.720. The summed E-state index contributed by atoms with van der Waals surface area (Å²) in [6, 6.07) is 10.3. The number of aliphatic hydroxyl groups excluding tert-OH is 1. The first-order chi connectivity index (χ1) is 14.1. The van der Waals surface area contributed by atoms with Crippen molar-refractivity contribution in [1.82, 2.24) is 0 Å². The highest BCUT2D eigenvalue weighted by molar-refractivity contribution is 5.66. The Morgan fingerprint density at radius 2 is 1.34 bits per heavy atom. The van der Waals surface area contributed by atoms with Crippen LogP contribution < -0.4 is 0 Å². The maximum Gasteiger partial charge on any atom is 0.303 e. The second kappa shape index (κ2) is 17.5. The zero-order valence-corrected chi connectivity index (χ0v) is 18.4. The molecule has 0 amide bonds. The van der Waals surface area contributed by atoms with Gasteiger partial charge < -0.3 is 14.9 Å². The van der Waals surface area contributed by atoms with Crippen LogP contribution >= 0.6 is 0 Å². The molecule has 1 aromatic rings. The normalized spacial score (nSPS) is 13.3. The fourth-order valence-corrected chi connectivity index (χ4v) is 3.62. The summed E-state index contributed by atoms with van der Waals surface area (Å²) in [5.74, 6) is -0.711. The molecule has 0 saturated heterocycles. The molecule has 0 aliphatic rings. The summed E-state index contributed by atoms with van der Waals surface area (Å²) in [4.78, 5) is 10.7. The Morgan fingerprint density at radius 3 is 1.90 bits per heavy atom. The third kappa shape index (κ3) is 16.1. The lowest BCUT2D eigenvalue weighted by Crippen LogP contribution is -2.13. The third-order valence-electron chi connectivity index (χ3n) is 5.39. The lowest BCUT2D eigenvalue weighted by Gasteiger charge is -2.18. The predicted molar refractivity (Wildman–Crippen MR) is 119 cm³/mol. The molecule has 0 bridgehead atoms. The van der Waals surface area contributed by atoms with Gasteiger partial charge in [0.05, 0.1) is 18.8 Å². The van der Waals surface area contributed by atoms with Crippen LogP contribution in [0.25, 0.3) is 0 Å². The molecule has 0 aliphatic carbocycles. The van der Waals surface area contributed by atoms with Crippen molar-refractivity contribution < 1.29 is 19.7 Å². The first-order valence-corrected chi connectivity index (χ1v) is 11.6. The highest BCUT2D eigenvalue weighted by Crippen LogP contribution is 2.18. The Kier molecular flexibility index (Phi) is 15.4. The van der Waals surface area contributed by atoms with Crippen LogP contribution in [-0.2, 0) is 16.1 Å². The number of hydrogen-bond donors (Lipinski definition) is 2. The minimum absolute atomic E-state index is 0.156. The van der Waals surface area contributed by atoms with E-state index in [0.717, 1.165) is 38.5 Å². The molecular formula is C25H42O4. The monoisotopic (exact) mass is 406 g/mol. The molecule has 0 radical (unpaired) electrons. The molecular weight excluding hydrogens is 364 g/mol. The third-order valence-corrected chi connectivity index (χ3v) is 5.39. The Balaban J connectivity index is 2.14. The number of carboxylic acid groups (broad SMARTS) is 1. The topological polar surface area (TPSA) is 66.8 Å². The molecule has 0 fully saturated rings. The minimum Gasteiger partial charge on any atom is -0.481 e. The first-order valence-electron chi connectivity index (χ1n) is 11.6. The number of rotatable bonds is 19. The van der Waals surface area contributed by atoms with Crippen molar-refractivity contribution in [1.29, 1.82) is 0 Å². The Morgan fingerprint density at radius 1 is 0.828 bits per heavy atom. The summed E-state index contributed by atoms with van der Waals surface area (Å²) < 4.78 is 6.16. The second-order valence-corrected chi connectivity index (χ2v) is 8.31. The van der Waals surface area contributed by atoms with Gasteiger partial charge in [-0.2, -0.15) is 0 Å². The average Bonchev–Trinajstić information content (AvgIpc) is 2.70. The summed E-state index contributed by atoms with van der Waals surface area (Å²) in [6.07, 6.45) is 14.8. The highest BCUT2D eigenvalue weighted by atomic mass is 16.5. The van der Waals surface area contributed by atoms with Crippen LogP contribution in [0.4, 0.5) is 0 Å². The van der Waals surface area contributed by atoms with E-state index in [1.54, 1.807) is 0 Å². The number of ether oxygens (including phenoxy) is 1. The van der Waals surface area contributed by atoms with Crippen LogP contribution in [0.5, 0.6) is 0 Å². The fourth-order valence-electron chi connectivity index (χ4n) is 3.62. The van der Waals surface area contributed by atoms with Gasteiger partial charge in [0.25, 0.3) is 0 Å². The number of aliphatic carboxylic acids is 1. The minimum atomic E-state index is -0.711. The Hall–Kier alpha value is -1.39. The predicted octanol–water partition coefficient (Wildman–Crippen LogP) is 6.50. The maximum absolute atomic E-state index is 10.7. The van der Waals surface area contributed by atoms with Gasteiger partial charge in [-0.25, -0.2) is 0 Å². The SMILES string of the molecule is CC(O)CCCCCCCCCCC(CCCCC(=O)O)OCc1ccccc1. The number of benzene rings is 1. The molecule has 2 atom stereocenters. The molecule has 0 heterocycles. The van der Waals surface area contributed by atoms with Gasteiger partial charge in [0.2, 0.25) is 0 Å². The lowest BCUT2D eigenvalue weighted by molar-refractivity contribution is -0.137. The molecule has 4 heteroatoms. The van der Waals surface area contributed by atoms with Crippen LogP contribution in [0.2, 0.25) is 0 Å². The van der Waals surface area contributed by atoms with E-state index in [-0.39, 0.29) is 18.6 Å². The Bertz CT molecular complexity index is 501. The van der Waals surface area contributed by atoms with Crippen molar-refractivity contribution in [3.05, 3.63) is 35.9 Å². The van der Waals surface area contributed by atoms with Crippen LogP contribution in [0.1, 0.15) is 102 Å². The van der Waals surface area contributed by atoms with Crippen molar-refractivity contribution in [3.8, 4) is 0 Å². The number of carboxylic acids is 1. The van der Waals surface area contributed by atoms with Crippen LogP contribution in [-0.4, -0.2) is 28.4 Å². The van der Waals surface area contributed by atoms with Gasteiger partial charge in [-0.3, -0.25) is 4.79 Å². The number of carbonyl (C=O) groups is 1. The molecule has 0 aromatic heterocycles. The van der Waals surface area contributed by atoms with E-state index in [9.17, 15) is 9.90 Å². The molecule has 29 heavy (non-hydrogen) atoms. The van der Waals surface area contributed by atoms with E-state index < -0.39 is 5.97 Å². The number of unbranched alkanes of at least 4 members (excludes halogenated alkanes) is 8. The molecule has 4 nitrogen and oxygen atoms in total. The molecule has 166 valence electrons. The molecule has 2 unspecified atom stereocenters. The smallest absolute Gasteiger partial charge is 0.303 e. The Labute approximate surface area is 177 Å². The molecule has 0 saturated carbocycles. The van der Waals surface area contributed by atoms with E-state index in [1.807, 2.05) is 25.1 Å². The average molecular weight is 407 g/mol. The summed E-state index contributed by atoms with van der Waals surface area (Å²) in [6.45, 7) is 2.50. The van der Waals surface area contributed by atoms with Gasteiger partial charge in [-0.15, -0.1) is 0 Å². The van der Waals surface area contributed by atoms with E-state index in [2.05, 4.69) is 12.1 Å². The quantitative estimate of drug-likeness (QED) is 0.257. The van der Waals surface area contributed by atoms with E-state index in [4.69, 9.17) is 9.84 Å². The van der Waals surface area contributed by atoms with Crippen LogP contribution in [0.3, 0.4) is 0 Å². The van der Waals surface area contributed by atoms with Gasteiger partial charge >= 0.3 is 5.97 Å². The molecule has 2 N–H and O–H groups in total. The summed E-state index contributed by atoms with van der Waals surface area (Å²) >= 11 is 0. The second-order valence-electron chi connectivity index (χ2n) is 8.31. The zero-order chi connectivity index (χ0) is 21.2. The van der Waals surface area contributed by atoms with E-state index in [1.165, 1.54) is 50.5 Å². The largest absolute Gasteiger partial charge is 0.481 e. The molecule has 1 rings (SSSR count). The lowest BCUT2D eigenvalue weighted by atomic mass is 10.0. The van der Waals surface area contributed by atoms with E-state index >= 15 is 0 Å². The van der Waals surface area contributed by atoms with E-state index in [0.29, 0.717) is 6.61 Å². The van der Waals surface area contributed by atoms with Crippen molar-refractivity contribution in [2.75, 3.05) is 0 Å². The molecule has 1 aromatic carbocycles. The van der Waals surface area contributed by atoms with Gasteiger partial charge in [0, 0.05) is 6.42 Å². The van der Waals surface area contributed by atoms with Crippen LogP contribution in [0, 0.1) is 0 Å². The van der Waals surface area contributed by atoms with Crippen LogP contribution in [0.15, 0.2) is 30.3 Å². The van der Waals surface area contributed by atoms with Crippen molar-refractivity contribution >= 4 is 5.97 Å².